The van der Waals surface area contributed by atoms with Crippen molar-refractivity contribution in [2.75, 3.05) is 13.7 Å². The van der Waals surface area contributed by atoms with Gasteiger partial charge in [-0.15, -0.1) is 5.92 Å². The molecular formula is C6H9NO2. The molecule has 0 atom stereocenters. The van der Waals surface area contributed by atoms with Gasteiger partial charge in [-0.3, -0.25) is 0 Å². The number of hydrogen-bond donors (Lipinski definition) is 1. The summed E-state index contributed by atoms with van der Waals surface area (Å²) in [7, 11) is 1.31. The monoisotopic (exact) mass is 127 g/mol. The topological polar surface area (TPSA) is 38.3 Å². The Kier molecular flexibility index (Phi) is 4.33. The predicted molar refractivity (Wildman–Crippen MR) is 33.9 cm³/mol. The number of nitrogens with one attached hydrogen (secondary N) is 1. The lowest BCUT2D eigenvalue weighted by atomic mass is 10.6. The lowest BCUT2D eigenvalue weighted by Gasteiger charge is -1.95. The molecule has 0 fully saturated rings. The first-order valence-electron chi connectivity index (χ1n) is 2.52. The third kappa shape index (κ3) is 4.69. The molecular weight excluding hydrogens is 118 g/mol. The van der Waals surface area contributed by atoms with Crippen molar-refractivity contribution in [3.8, 4) is 11.8 Å². The van der Waals surface area contributed by atoms with Gasteiger partial charge in [0.15, 0.2) is 0 Å². The number of hydrogen-bond acceptors (Lipinski definition) is 2. The number of rotatable bonds is 1. The molecule has 3 heteroatoms. The first kappa shape index (κ1) is 7.83. The minimum absolute atomic E-state index is 0.350. The number of methoxy groups -OCH3 is 1. The van der Waals surface area contributed by atoms with Crippen molar-refractivity contribution in [1.29, 1.82) is 0 Å². The lowest BCUT2D eigenvalue weighted by molar-refractivity contribution is 0.172. The average Bonchev–Trinajstić information content (AvgIpc) is 1.89. The zero-order chi connectivity index (χ0) is 7.11. The first-order valence-corrected chi connectivity index (χ1v) is 2.52. The van der Waals surface area contributed by atoms with Crippen molar-refractivity contribution in [2.24, 2.45) is 0 Å². The fourth-order valence-corrected chi connectivity index (χ4v) is 0.277. The van der Waals surface area contributed by atoms with E-state index in [1.807, 2.05) is 0 Å². The van der Waals surface area contributed by atoms with Crippen LogP contribution in [-0.4, -0.2) is 19.7 Å². The molecule has 0 aliphatic carbocycles. The van der Waals surface area contributed by atoms with E-state index in [4.69, 9.17) is 0 Å². The van der Waals surface area contributed by atoms with Gasteiger partial charge in [0.2, 0.25) is 0 Å². The Morgan fingerprint density at radius 1 is 1.78 bits per heavy atom. The second-order valence-electron chi connectivity index (χ2n) is 1.27. The van der Waals surface area contributed by atoms with E-state index >= 15 is 0 Å². The molecule has 9 heavy (non-hydrogen) atoms. The SMILES string of the molecule is CC#CCNC(=O)OC. The minimum atomic E-state index is -0.447. The van der Waals surface area contributed by atoms with Crippen LogP contribution < -0.4 is 5.32 Å². The molecule has 0 aromatic heterocycles. The molecule has 0 radical (unpaired) electrons. The van der Waals surface area contributed by atoms with Crippen LogP contribution in [0.1, 0.15) is 6.92 Å². The molecule has 0 saturated heterocycles. The molecule has 0 spiro atoms. The van der Waals surface area contributed by atoms with Gasteiger partial charge in [-0.2, -0.15) is 0 Å². The smallest absolute Gasteiger partial charge is 0.407 e. The number of ether oxygens (including phenoxy) is 1. The molecule has 1 amide bonds. The van der Waals surface area contributed by atoms with E-state index in [2.05, 4.69) is 21.9 Å². The summed E-state index contributed by atoms with van der Waals surface area (Å²) in [6.45, 7) is 2.06. The van der Waals surface area contributed by atoms with E-state index in [9.17, 15) is 4.79 Å². The Balaban J connectivity index is 3.24. The molecule has 0 unspecified atom stereocenters. The molecule has 0 bridgehead atoms. The molecule has 50 valence electrons. The van der Waals surface area contributed by atoms with E-state index in [0.29, 0.717) is 6.54 Å². The third-order valence-electron chi connectivity index (χ3n) is 0.683. The fourth-order valence-electron chi connectivity index (χ4n) is 0.277. The molecule has 0 aromatic rings. The van der Waals surface area contributed by atoms with Gasteiger partial charge in [0.05, 0.1) is 13.7 Å². The molecule has 0 aliphatic heterocycles. The van der Waals surface area contributed by atoms with Crippen LogP contribution in [0.5, 0.6) is 0 Å². The Morgan fingerprint density at radius 3 is 2.89 bits per heavy atom. The summed E-state index contributed by atoms with van der Waals surface area (Å²) in [5, 5.41) is 2.40. The summed E-state index contributed by atoms with van der Waals surface area (Å²) in [5.74, 6) is 5.28. The van der Waals surface area contributed by atoms with E-state index in [-0.39, 0.29) is 0 Å². The van der Waals surface area contributed by atoms with Crippen molar-refractivity contribution in [3.05, 3.63) is 0 Å². The third-order valence-corrected chi connectivity index (χ3v) is 0.683. The van der Waals surface area contributed by atoms with Crippen molar-refractivity contribution >= 4 is 6.09 Å². The van der Waals surface area contributed by atoms with Crippen molar-refractivity contribution in [3.63, 3.8) is 0 Å². The standard InChI is InChI=1S/C6H9NO2/c1-3-4-5-7-6(8)9-2/h5H2,1-2H3,(H,7,8). The Bertz CT molecular complexity index is 143. The van der Waals surface area contributed by atoms with E-state index in [1.165, 1.54) is 7.11 Å². The van der Waals surface area contributed by atoms with E-state index < -0.39 is 6.09 Å². The van der Waals surface area contributed by atoms with E-state index in [0.717, 1.165) is 0 Å². The normalized spacial score (nSPS) is 6.89. The zero-order valence-corrected chi connectivity index (χ0v) is 5.52. The van der Waals surface area contributed by atoms with Crippen LogP contribution >= 0.6 is 0 Å². The van der Waals surface area contributed by atoms with Gasteiger partial charge >= 0.3 is 6.09 Å². The van der Waals surface area contributed by atoms with Crippen LogP contribution in [0.2, 0.25) is 0 Å². The highest BCUT2D eigenvalue weighted by Crippen LogP contribution is 1.67. The molecule has 0 saturated carbocycles. The minimum Gasteiger partial charge on any atom is -0.453 e. The summed E-state index contributed by atoms with van der Waals surface area (Å²) >= 11 is 0. The number of carbonyl (C=O) groups is 1. The van der Waals surface area contributed by atoms with Crippen LogP contribution in [-0.2, 0) is 4.74 Å². The highest BCUT2D eigenvalue weighted by molar-refractivity contribution is 5.67. The Hall–Kier alpha value is -1.17. The molecule has 3 nitrogen and oxygen atoms in total. The van der Waals surface area contributed by atoms with Gasteiger partial charge in [0, 0.05) is 0 Å². The maximum absolute atomic E-state index is 10.3. The quantitative estimate of drug-likeness (QED) is 0.517. The summed E-state index contributed by atoms with van der Waals surface area (Å²) in [4.78, 5) is 10.3. The zero-order valence-electron chi connectivity index (χ0n) is 5.52. The Labute approximate surface area is 54.4 Å². The molecule has 0 aliphatic rings. The van der Waals surface area contributed by atoms with Gasteiger partial charge in [0.25, 0.3) is 0 Å². The van der Waals surface area contributed by atoms with Crippen LogP contribution in [0.4, 0.5) is 4.79 Å². The number of alkyl carbamates (subject to hydrolysis) is 1. The van der Waals surface area contributed by atoms with Crippen LogP contribution in [0.15, 0.2) is 0 Å². The van der Waals surface area contributed by atoms with Crippen molar-refractivity contribution in [2.45, 2.75) is 6.92 Å². The maximum atomic E-state index is 10.3. The predicted octanol–water partition coefficient (Wildman–Crippen LogP) is 0.366. The van der Waals surface area contributed by atoms with Crippen LogP contribution in [0.3, 0.4) is 0 Å². The highest BCUT2D eigenvalue weighted by atomic mass is 16.5. The largest absolute Gasteiger partial charge is 0.453 e. The van der Waals surface area contributed by atoms with Crippen LogP contribution in [0, 0.1) is 11.8 Å². The summed E-state index contributed by atoms with van der Waals surface area (Å²) < 4.78 is 4.28. The van der Waals surface area contributed by atoms with Crippen molar-refractivity contribution < 1.29 is 9.53 Å². The van der Waals surface area contributed by atoms with Gasteiger partial charge in [-0.05, 0) is 6.92 Å². The first-order chi connectivity index (χ1) is 4.31. The highest BCUT2D eigenvalue weighted by Gasteiger charge is 1.91. The molecule has 0 heterocycles. The average molecular weight is 127 g/mol. The van der Waals surface area contributed by atoms with E-state index in [1.54, 1.807) is 6.92 Å². The van der Waals surface area contributed by atoms with Gasteiger partial charge in [-0.1, -0.05) is 5.92 Å². The van der Waals surface area contributed by atoms with Crippen molar-refractivity contribution in [1.82, 2.24) is 5.32 Å². The Morgan fingerprint density at radius 2 is 2.44 bits per heavy atom. The second kappa shape index (κ2) is 4.98. The van der Waals surface area contributed by atoms with Gasteiger partial charge < -0.3 is 10.1 Å². The molecule has 0 aromatic carbocycles. The summed E-state index contributed by atoms with van der Waals surface area (Å²) in [6, 6.07) is 0. The lowest BCUT2D eigenvalue weighted by Crippen LogP contribution is -2.22. The van der Waals surface area contributed by atoms with Crippen LogP contribution in [0.25, 0.3) is 0 Å². The summed E-state index contributed by atoms with van der Waals surface area (Å²) in [6.07, 6.45) is -0.447. The number of carbonyl (C=O) groups excluding carboxylic acids is 1. The maximum Gasteiger partial charge on any atom is 0.407 e. The number of amides is 1. The molecule has 1 N–H and O–H groups in total. The van der Waals surface area contributed by atoms with Gasteiger partial charge in [-0.25, -0.2) is 4.79 Å². The summed E-state index contributed by atoms with van der Waals surface area (Å²) in [5.41, 5.74) is 0. The van der Waals surface area contributed by atoms with Gasteiger partial charge in [0.1, 0.15) is 0 Å². The fraction of sp³-hybridized carbons (Fsp3) is 0.500. The molecule has 0 rings (SSSR count). The second-order valence-corrected chi connectivity index (χ2v) is 1.27.